The molecule has 0 aromatic carbocycles. The van der Waals surface area contributed by atoms with E-state index < -0.39 is 0 Å². The van der Waals surface area contributed by atoms with Crippen LogP contribution in [-0.2, 0) is 11.2 Å². The average Bonchev–Trinajstić information content (AvgIpc) is 3.09. The Morgan fingerprint density at radius 3 is 2.81 bits per heavy atom. The molecule has 0 aliphatic carbocycles. The maximum atomic E-state index is 11.3. The molecule has 2 aromatic heterocycles. The molecule has 0 bridgehead atoms. The number of H-pyrrole nitrogens is 1. The van der Waals surface area contributed by atoms with Crippen LogP contribution in [0.5, 0.6) is 0 Å². The fraction of sp³-hybridized carbons (Fsp3) is 0.467. The van der Waals surface area contributed by atoms with Crippen LogP contribution in [0.1, 0.15) is 24.7 Å². The van der Waals surface area contributed by atoms with Gasteiger partial charge >= 0.3 is 0 Å². The monoisotopic (exact) mass is 285 g/mol. The van der Waals surface area contributed by atoms with Crippen molar-refractivity contribution in [1.82, 2.24) is 25.1 Å². The molecule has 1 saturated heterocycles. The quantitative estimate of drug-likeness (QED) is 0.929. The number of nitrogens with one attached hydrogen (secondary N) is 1. The summed E-state index contributed by atoms with van der Waals surface area (Å²) in [7, 11) is 0. The van der Waals surface area contributed by atoms with Crippen LogP contribution in [0.4, 0.5) is 0 Å². The summed E-state index contributed by atoms with van der Waals surface area (Å²) in [6.07, 6.45) is 5.50. The number of carbonyl (C=O) groups is 1. The molecule has 6 heteroatoms. The summed E-state index contributed by atoms with van der Waals surface area (Å²) < 4.78 is 0. The maximum absolute atomic E-state index is 11.3. The van der Waals surface area contributed by atoms with Crippen LogP contribution < -0.4 is 0 Å². The highest BCUT2D eigenvalue weighted by molar-refractivity contribution is 5.73. The van der Waals surface area contributed by atoms with Crippen LogP contribution in [0.25, 0.3) is 11.4 Å². The molecular formula is C15H19N5O. The first-order chi connectivity index (χ1) is 10.1. The maximum Gasteiger partial charge on any atom is 0.219 e. The van der Waals surface area contributed by atoms with E-state index in [0.29, 0.717) is 5.92 Å². The zero-order valence-electron chi connectivity index (χ0n) is 12.3. The van der Waals surface area contributed by atoms with Gasteiger partial charge in [-0.25, -0.2) is 0 Å². The van der Waals surface area contributed by atoms with Gasteiger partial charge in [0.1, 0.15) is 11.4 Å². The third kappa shape index (κ3) is 3.09. The second-order valence-electron chi connectivity index (χ2n) is 5.65. The van der Waals surface area contributed by atoms with E-state index in [-0.39, 0.29) is 5.91 Å². The Bertz CT molecular complexity index is 634. The summed E-state index contributed by atoms with van der Waals surface area (Å²) in [4.78, 5) is 22.1. The molecule has 0 radical (unpaired) electrons. The minimum Gasteiger partial charge on any atom is -0.343 e. The number of rotatable bonds is 3. The summed E-state index contributed by atoms with van der Waals surface area (Å²) in [5, 5.41) is 7.08. The van der Waals surface area contributed by atoms with Crippen molar-refractivity contribution >= 4 is 5.91 Å². The van der Waals surface area contributed by atoms with Gasteiger partial charge in [-0.2, -0.15) is 5.10 Å². The zero-order valence-corrected chi connectivity index (χ0v) is 12.3. The van der Waals surface area contributed by atoms with Gasteiger partial charge in [0.25, 0.3) is 0 Å². The third-order valence-electron chi connectivity index (χ3n) is 3.90. The summed E-state index contributed by atoms with van der Waals surface area (Å²) in [5.41, 5.74) is 3.57. The van der Waals surface area contributed by atoms with Crippen molar-refractivity contribution in [1.29, 1.82) is 0 Å². The SMILES string of the molecule is CC(=O)N1CC[C@@H](Cc2cnc(-c3cc(C)[nH]n3)cn2)C1. The highest BCUT2D eigenvalue weighted by atomic mass is 16.2. The van der Waals surface area contributed by atoms with E-state index in [9.17, 15) is 4.79 Å². The molecule has 1 aliphatic heterocycles. The number of hydrogen-bond acceptors (Lipinski definition) is 4. The van der Waals surface area contributed by atoms with Gasteiger partial charge < -0.3 is 4.90 Å². The van der Waals surface area contributed by atoms with E-state index in [0.717, 1.165) is 48.7 Å². The first-order valence-electron chi connectivity index (χ1n) is 7.20. The lowest BCUT2D eigenvalue weighted by Crippen LogP contribution is -2.26. The Labute approximate surface area is 123 Å². The minimum absolute atomic E-state index is 0.160. The molecule has 1 aliphatic rings. The summed E-state index contributed by atoms with van der Waals surface area (Å²) in [6.45, 7) is 5.28. The molecule has 6 nitrogen and oxygen atoms in total. The van der Waals surface area contributed by atoms with Crippen molar-refractivity contribution in [3.8, 4) is 11.4 Å². The molecule has 0 unspecified atom stereocenters. The van der Waals surface area contributed by atoms with Gasteiger partial charge in [0, 0.05) is 31.9 Å². The Kier molecular flexibility index (Phi) is 3.68. The summed E-state index contributed by atoms with van der Waals surface area (Å²) in [6, 6.07) is 1.95. The van der Waals surface area contributed by atoms with Crippen molar-refractivity contribution in [2.24, 2.45) is 5.92 Å². The smallest absolute Gasteiger partial charge is 0.219 e. The number of hydrogen-bond donors (Lipinski definition) is 1. The van der Waals surface area contributed by atoms with E-state index in [2.05, 4.69) is 20.2 Å². The Morgan fingerprint density at radius 2 is 2.24 bits per heavy atom. The number of aromatic amines is 1. The van der Waals surface area contributed by atoms with Gasteiger partial charge in [0.15, 0.2) is 0 Å². The van der Waals surface area contributed by atoms with Crippen molar-refractivity contribution in [3.05, 3.63) is 29.8 Å². The molecule has 0 saturated carbocycles. The molecule has 2 aromatic rings. The predicted octanol–water partition coefficient (Wildman–Crippen LogP) is 1.59. The second kappa shape index (κ2) is 5.63. The Hall–Kier alpha value is -2.24. The van der Waals surface area contributed by atoms with Gasteiger partial charge in [0.2, 0.25) is 5.91 Å². The van der Waals surface area contributed by atoms with Gasteiger partial charge in [-0.15, -0.1) is 0 Å². The fourth-order valence-corrected chi connectivity index (χ4v) is 2.72. The standard InChI is InChI=1S/C15H19N5O/c1-10-5-14(19-18-10)15-8-16-13(7-17-15)6-12-3-4-20(9-12)11(2)21/h5,7-8,12H,3-4,6,9H2,1-2H3,(H,18,19)/t12-/m0/s1. The zero-order chi connectivity index (χ0) is 14.8. The highest BCUT2D eigenvalue weighted by Crippen LogP contribution is 2.20. The average molecular weight is 285 g/mol. The minimum atomic E-state index is 0.160. The summed E-state index contributed by atoms with van der Waals surface area (Å²) in [5.74, 6) is 0.648. The normalized spacial score (nSPS) is 18.2. The van der Waals surface area contributed by atoms with Crippen molar-refractivity contribution in [2.45, 2.75) is 26.7 Å². The van der Waals surface area contributed by atoms with Crippen LogP contribution in [0.3, 0.4) is 0 Å². The lowest BCUT2D eigenvalue weighted by molar-refractivity contribution is -0.127. The molecule has 21 heavy (non-hydrogen) atoms. The number of aromatic nitrogens is 4. The largest absolute Gasteiger partial charge is 0.343 e. The van der Waals surface area contributed by atoms with Gasteiger partial charge in [-0.3, -0.25) is 19.9 Å². The molecule has 110 valence electrons. The lowest BCUT2D eigenvalue weighted by atomic mass is 10.0. The van der Waals surface area contributed by atoms with E-state index in [1.165, 1.54) is 0 Å². The van der Waals surface area contributed by atoms with Crippen LogP contribution >= 0.6 is 0 Å². The van der Waals surface area contributed by atoms with Crippen molar-refractivity contribution in [3.63, 3.8) is 0 Å². The van der Waals surface area contributed by atoms with Crippen LogP contribution in [0, 0.1) is 12.8 Å². The number of nitrogens with zero attached hydrogens (tertiary/aromatic N) is 4. The van der Waals surface area contributed by atoms with Crippen LogP contribution in [0.2, 0.25) is 0 Å². The first-order valence-corrected chi connectivity index (χ1v) is 7.20. The first kappa shape index (κ1) is 13.7. The van der Waals surface area contributed by atoms with Crippen LogP contribution in [-0.4, -0.2) is 44.1 Å². The predicted molar refractivity (Wildman–Crippen MR) is 78.4 cm³/mol. The molecular weight excluding hydrogens is 266 g/mol. The molecule has 1 atom stereocenters. The van der Waals surface area contributed by atoms with E-state index in [1.54, 1.807) is 13.1 Å². The fourth-order valence-electron chi connectivity index (χ4n) is 2.72. The third-order valence-corrected chi connectivity index (χ3v) is 3.90. The second-order valence-corrected chi connectivity index (χ2v) is 5.65. The van der Waals surface area contributed by atoms with E-state index >= 15 is 0 Å². The van der Waals surface area contributed by atoms with E-state index in [4.69, 9.17) is 0 Å². The van der Waals surface area contributed by atoms with Crippen LogP contribution in [0.15, 0.2) is 18.5 Å². The number of carbonyl (C=O) groups excluding carboxylic acids is 1. The number of aryl methyl sites for hydroxylation is 1. The number of amides is 1. The van der Waals surface area contributed by atoms with Crippen molar-refractivity contribution < 1.29 is 4.79 Å². The topological polar surface area (TPSA) is 74.8 Å². The molecule has 3 heterocycles. The van der Waals surface area contributed by atoms with Gasteiger partial charge in [-0.05, 0) is 31.7 Å². The Balaban J connectivity index is 1.64. The van der Waals surface area contributed by atoms with Gasteiger partial charge in [-0.1, -0.05) is 0 Å². The van der Waals surface area contributed by atoms with Gasteiger partial charge in [0.05, 0.1) is 11.9 Å². The summed E-state index contributed by atoms with van der Waals surface area (Å²) >= 11 is 0. The highest BCUT2D eigenvalue weighted by Gasteiger charge is 2.24. The van der Waals surface area contributed by atoms with Crippen molar-refractivity contribution in [2.75, 3.05) is 13.1 Å². The molecule has 1 N–H and O–H groups in total. The molecule has 1 amide bonds. The Morgan fingerprint density at radius 1 is 1.38 bits per heavy atom. The lowest BCUT2D eigenvalue weighted by Gasteiger charge is -2.13. The molecule has 1 fully saturated rings. The number of likely N-dealkylation sites (tertiary alicyclic amines) is 1. The molecule has 0 spiro atoms. The molecule has 3 rings (SSSR count). The van der Waals surface area contributed by atoms with E-state index in [1.807, 2.05) is 24.1 Å².